The van der Waals surface area contributed by atoms with E-state index in [1.807, 2.05) is 18.2 Å². The lowest BCUT2D eigenvalue weighted by molar-refractivity contribution is -0.114. The van der Waals surface area contributed by atoms with Gasteiger partial charge in [0.15, 0.2) is 0 Å². The smallest absolute Gasteiger partial charge is 0.263 e. The number of anilines is 1. The van der Waals surface area contributed by atoms with Gasteiger partial charge in [-0.15, -0.1) is 0 Å². The first kappa shape index (κ1) is 8.96. The van der Waals surface area contributed by atoms with Crippen LogP contribution in [0.25, 0.3) is 10.9 Å². The second kappa shape index (κ2) is 3.10. The molecule has 0 saturated carbocycles. The molecule has 16 heavy (non-hydrogen) atoms. The van der Waals surface area contributed by atoms with Crippen molar-refractivity contribution in [3.63, 3.8) is 0 Å². The molecule has 5 nitrogen and oxygen atoms in total. The first-order chi connectivity index (χ1) is 7.74. The van der Waals surface area contributed by atoms with Crippen molar-refractivity contribution < 1.29 is 9.90 Å². The van der Waals surface area contributed by atoms with Gasteiger partial charge < -0.3 is 10.0 Å². The van der Waals surface area contributed by atoms with Gasteiger partial charge >= 0.3 is 0 Å². The van der Waals surface area contributed by atoms with Crippen LogP contribution < -0.4 is 4.90 Å². The molecule has 0 bridgehead atoms. The fourth-order valence-electron chi connectivity index (χ4n) is 1.75. The first-order valence-corrected chi connectivity index (χ1v) is 4.80. The molecule has 0 unspecified atom stereocenters. The number of aromatic amines is 1. The Morgan fingerprint density at radius 1 is 1.50 bits per heavy atom. The van der Waals surface area contributed by atoms with E-state index in [1.165, 1.54) is 4.90 Å². The molecular formula is C11H8N3O2. The van der Waals surface area contributed by atoms with Crippen LogP contribution >= 0.6 is 0 Å². The molecule has 0 spiro atoms. The first-order valence-electron chi connectivity index (χ1n) is 4.80. The van der Waals surface area contributed by atoms with Crippen molar-refractivity contribution >= 4 is 22.5 Å². The molecule has 1 amide bonds. The summed E-state index contributed by atoms with van der Waals surface area (Å²) in [5.41, 5.74) is 1.58. The van der Waals surface area contributed by atoms with Gasteiger partial charge in [-0.25, -0.2) is 0 Å². The Morgan fingerprint density at radius 2 is 2.38 bits per heavy atom. The molecule has 0 fully saturated rings. The Bertz CT molecular complexity index is 600. The lowest BCUT2D eigenvalue weighted by Crippen LogP contribution is -2.25. The van der Waals surface area contributed by atoms with Crippen molar-refractivity contribution in [1.29, 1.82) is 0 Å². The largest absolute Gasteiger partial charge is 0.510 e. The second-order valence-electron chi connectivity index (χ2n) is 3.60. The molecule has 1 aromatic heterocycles. The number of fused-ring (bicyclic) bond motifs is 1. The highest BCUT2D eigenvalue weighted by Gasteiger charge is 2.23. The Hall–Kier alpha value is -2.30. The standard InChI is InChI=1S/C11H8N3O2/c15-9-4-11(16)14(6-9)8-2-1-7-5-12-13-10(7)3-8/h1-3,5,15H,6H2,(H,12,13). The van der Waals surface area contributed by atoms with E-state index >= 15 is 0 Å². The maximum Gasteiger partial charge on any atom is 0.263 e. The molecule has 0 aliphatic carbocycles. The summed E-state index contributed by atoms with van der Waals surface area (Å²) in [5, 5.41) is 16.9. The molecule has 2 heterocycles. The number of H-pyrrole nitrogens is 1. The van der Waals surface area contributed by atoms with Crippen molar-refractivity contribution in [1.82, 2.24) is 10.2 Å². The summed E-state index contributed by atoms with van der Waals surface area (Å²) in [5.74, 6) is -0.355. The van der Waals surface area contributed by atoms with Crippen LogP contribution in [0.4, 0.5) is 5.69 Å². The van der Waals surface area contributed by atoms with Crippen LogP contribution in [0.1, 0.15) is 0 Å². The minimum atomic E-state index is -0.323. The van der Waals surface area contributed by atoms with Crippen molar-refractivity contribution in [2.75, 3.05) is 11.4 Å². The van der Waals surface area contributed by atoms with Gasteiger partial charge in [-0.05, 0) is 18.2 Å². The van der Waals surface area contributed by atoms with E-state index in [0.29, 0.717) is 0 Å². The molecule has 79 valence electrons. The number of hydrogen-bond donors (Lipinski definition) is 2. The normalized spacial score (nSPS) is 15.9. The van der Waals surface area contributed by atoms with Crippen LogP contribution in [-0.2, 0) is 4.79 Å². The zero-order valence-electron chi connectivity index (χ0n) is 8.27. The maximum absolute atomic E-state index is 11.5. The van der Waals surface area contributed by atoms with Crippen molar-refractivity contribution in [3.05, 3.63) is 36.2 Å². The highest BCUT2D eigenvalue weighted by Crippen LogP contribution is 2.23. The summed E-state index contributed by atoms with van der Waals surface area (Å²) in [6, 6.07) is 5.51. The van der Waals surface area contributed by atoms with Crippen LogP contribution in [0.15, 0.2) is 30.2 Å². The number of benzene rings is 1. The molecule has 2 aromatic rings. The zero-order chi connectivity index (χ0) is 11.1. The molecule has 1 aliphatic rings. The topological polar surface area (TPSA) is 69.2 Å². The van der Waals surface area contributed by atoms with Gasteiger partial charge in [-0.1, -0.05) is 0 Å². The monoisotopic (exact) mass is 214 g/mol. The molecule has 3 rings (SSSR count). The number of hydrogen-bond acceptors (Lipinski definition) is 3. The summed E-state index contributed by atoms with van der Waals surface area (Å²) in [6.45, 7) is 0.179. The van der Waals surface area contributed by atoms with Crippen LogP contribution in [0, 0.1) is 6.08 Å². The third-order valence-electron chi connectivity index (χ3n) is 2.54. The molecule has 1 aliphatic heterocycles. The number of carbonyl (C=O) groups excluding carboxylic acids is 1. The molecule has 2 N–H and O–H groups in total. The van der Waals surface area contributed by atoms with E-state index < -0.39 is 0 Å². The predicted molar refractivity (Wildman–Crippen MR) is 57.8 cm³/mol. The zero-order valence-corrected chi connectivity index (χ0v) is 8.27. The fraction of sp³-hybridized carbons (Fsp3) is 0.0909. The Labute approximate surface area is 91.0 Å². The Morgan fingerprint density at radius 3 is 3.12 bits per heavy atom. The predicted octanol–water partition coefficient (Wildman–Crippen LogP) is 1.15. The van der Waals surface area contributed by atoms with Gasteiger partial charge in [0.1, 0.15) is 5.76 Å². The third kappa shape index (κ3) is 1.25. The summed E-state index contributed by atoms with van der Waals surface area (Å²) in [7, 11) is 0. The number of carbonyl (C=O) groups is 1. The molecule has 0 atom stereocenters. The molecule has 1 radical (unpaired) electrons. The lowest BCUT2D eigenvalue weighted by atomic mass is 10.2. The number of nitrogens with zero attached hydrogens (tertiary/aromatic N) is 2. The highest BCUT2D eigenvalue weighted by atomic mass is 16.3. The number of nitrogens with one attached hydrogen (secondary N) is 1. The van der Waals surface area contributed by atoms with Crippen molar-refractivity contribution in [3.8, 4) is 0 Å². The number of aliphatic hydroxyl groups excluding tert-OH is 1. The SMILES string of the molecule is O=C1[C]=C(O)CN1c1ccc2cn[nH]c2c1. The van der Waals surface area contributed by atoms with E-state index in [0.717, 1.165) is 16.6 Å². The Kier molecular flexibility index (Phi) is 1.73. The summed E-state index contributed by atoms with van der Waals surface area (Å²) in [4.78, 5) is 12.9. The molecule has 5 heteroatoms. The second-order valence-corrected chi connectivity index (χ2v) is 3.60. The Balaban J connectivity index is 2.03. The quantitative estimate of drug-likeness (QED) is 0.748. The van der Waals surface area contributed by atoms with Crippen LogP contribution in [0.2, 0.25) is 0 Å². The number of amides is 1. The average Bonchev–Trinajstić information content (AvgIpc) is 2.83. The average molecular weight is 214 g/mol. The van der Waals surface area contributed by atoms with Gasteiger partial charge in [0, 0.05) is 11.1 Å². The minimum Gasteiger partial charge on any atom is -0.510 e. The van der Waals surface area contributed by atoms with Crippen LogP contribution in [0.3, 0.4) is 0 Å². The number of aliphatic hydroxyl groups is 1. The van der Waals surface area contributed by atoms with Gasteiger partial charge in [0.25, 0.3) is 5.91 Å². The summed E-state index contributed by atoms with van der Waals surface area (Å²) < 4.78 is 0. The van der Waals surface area contributed by atoms with E-state index in [9.17, 15) is 9.90 Å². The lowest BCUT2D eigenvalue weighted by Gasteiger charge is -2.15. The van der Waals surface area contributed by atoms with Gasteiger partial charge in [0.2, 0.25) is 0 Å². The van der Waals surface area contributed by atoms with E-state index in [1.54, 1.807) is 6.20 Å². The van der Waals surface area contributed by atoms with Gasteiger partial charge in [-0.3, -0.25) is 9.89 Å². The third-order valence-corrected chi connectivity index (χ3v) is 2.54. The summed E-state index contributed by atoms with van der Waals surface area (Å²) in [6.07, 6.45) is 4.06. The molecule has 0 saturated heterocycles. The van der Waals surface area contributed by atoms with Gasteiger partial charge in [0.05, 0.1) is 24.3 Å². The fourth-order valence-corrected chi connectivity index (χ4v) is 1.75. The molecular weight excluding hydrogens is 206 g/mol. The highest BCUT2D eigenvalue weighted by molar-refractivity contribution is 6.02. The maximum atomic E-state index is 11.5. The minimum absolute atomic E-state index is 0.0327. The van der Waals surface area contributed by atoms with E-state index in [-0.39, 0.29) is 18.2 Å². The number of rotatable bonds is 1. The van der Waals surface area contributed by atoms with E-state index in [2.05, 4.69) is 16.3 Å². The van der Waals surface area contributed by atoms with Crippen LogP contribution in [0.5, 0.6) is 0 Å². The van der Waals surface area contributed by atoms with Crippen molar-refractivity contribution in [2.24, 2.45) is 0 Å². The van der Waals surface area contributed by atoms with Crippen molar-refractivity contribution in [2.45, 2.75) is 0 Å². The summed E-state index contributed by atoms with van der Waals surface area (Å²) >= 11 is 0. The van der Waals surface area contributed by atoms with Gasteiger partial charge in [-0.2, -0.15) is 5.10 Å². The molecule has 1 aromatic carbocycles. The number of aromatic nitrogens is 2. The van der Waals surface area contributed by atoms with Crippen LogP contribution in [-0.4, -0.2) is 27.8 Å². The van der Waals surface area contributed by atoms with E-state index in [4.69, 9.17) is 0 Å².